The van der Waals surface area contributed by atoms with Gasteiger partial charge in [0.1, 0.15) is 6.10 Å². The highest BCUT2D eigenvalue weighted by atomic mass is 16.6. The molecule has 1 heterocycles. The van der Waals surface area contributed by atoms with Crippen LogP contribution in [-0.4, -0.2) is 38.1 Å². The van der Waals surface area contributed by atoms with Crippen LogP contribution in [0.25, 0.3) is 0 Å². The number of ether oxygens (including phenoxy) is 3. The maximum absolute atomic E-state index is 9.53. The van der Waals surface area contributed by atoms with Crippen LogP contribution in [0.2, 0.25) is 0 Å². The number of para-hydroxylation sites is 1. The Morgan fingerprint density at radius 1 is 1.42 bits per heavy atom. The second-order valence-corrected chi connectivity index (χ2v) is 5.48. The van der Waals surface area contributed by atoms with Gasteiger partial charge in [0.2, 0.25) is 0 Å². The van der Waals surface area contributed by atoms with Gasteiger partial charge in [0.05, 0.1) is 26.9 Å². The van der Waals surface area contributed by atoms with Crippen LogP contribution in [0.15, 0.2) is 18.2 Å². The summed E-state index contributed by atoms with van der Waals surface area (Å²) in [6.07, 6.45) is 0.984. The third kappa shape index (κ3) is 3.01. The average molecular weight is 266 g/mol. The summed E-state index contributed by atoms with van der Waals surface area (Å²) in [7, 11) is 1.63. The first-order valence-corrected chi connectivity index (χ1v) is 6.61. The van der Waals surface area contributed by atoms with Gasteiger partial charge >= 0.3 is 0 Å². The molecule has 0 radical (unpaired) electrons. The summed E-state index contributed by atoms with van der Waals surface area (Å²) in [5, 5.41) is 9.53. The molecule has 106 valence electrons. The molecule has 0 amide bonds. The monoisotopic (exact) mass is 266 g/mol. The Morgan fingerprint density at radius 3 is 2.79 bits per heavy atom. The van der Waals surface area contributed by atoms with E-state index >= 15 is 0 Å². The Morgan fingerprint density at radius 2 is 2.21 bits per heavy atom. The summed E-state index contributed by atoms with van der Waals surface area (Å²) >= 11 is 0. The van der Waals surface area contributed by atoms with Crippen molar-refractivity contribution in [3.05, 3.63) is 23.8 Å². The molecule has 0 aromatic heterocycles. The molecule has 1 fully saturated rings. The Bertz CT molecular complexity index is 422. The van der Waals surface area contributed by atoms with Gasteiger partial charge in [0.25, 0.3) is 0 Å². The van der Waals surface area contributed by atoms with Crippen LogP contribution in [-0.2, 0) is 10.2 Å². The van der Waals surface area contributed by atoms with Gasteiger partial charge in [-0.2, -0.15) is 0 Å². The van der Waals surface area contributed by atoms with Crippen molar-refractivity contribution in [2.24, 2.45) is 0 Å². The third-order valence-corrected chi connectivity index (χ3v) is 3.49. The first kappa shape index (κ1) is 14.2. The van der Waals surface area contributed by atoms with Gasteiger partial charge in [0.15, 0.2) is 11.5 Å². The van der Waals surface area contributed by atoms with E-state index in [0.29, 0.717) is 12.4 Å². The second-order valence-electron chi connectivity index (χ2n) is 5.48. The number of hydrogen-bond acceptors (Lipinski definition) is 4. The van der Waals surface area contributed by atoms with Crippen LogP contribution in [0.4, 0.5) is 0 Å². The third-order valence-electron chi connectivity index (χ3n) is 3.49. The zero-order valence-electron chi connectivity index (χ0n) is 11.8. The second kappa shape index (κ2) is 5.80. The average Bonchev–Trinajstić information content (AvgIpc) is 2.91. The molecular weight excluding hydrogens is 244 g/mol. The number of hydrogen-bond donors (Lipinski definition) is 1. The fourth-order valence-corrected chi connectivity index (χ4v) is 2.22. The van der Waals surface area contributed by atoms with E-state index in [4.69, 9.17) is 14.2 Å². The Kier molecular flexibility index (Phi) is 4.32. The summed E-state index contributed by atoms with van der Waals surface area (Å²) in [5.41, 5.74) is 0.589. The number of methoxy groups -OCH3 is 1. The smallest absolute Gasteiger partial charge is 0.164 e. The lowest BCUT2D eigenvalue weighted by atomic mass is 9.85. The van der Waals surface area contributed by atoms with Gasteiger partial charge in [-0.3, -0.25) is 0 Å². The first-order valence-electron chi connectivity index (χ1n) is 6.61. The molecule has 0 spiro atoms. The van der Waals surface area contributed by atoms with Crippen molar-refractivity contribution in [1.82, 2.24) is 0 Å². The maximum atomic E-state index is 9.53. The van der Waals surface area contributed by atoms with E-state index in [1.54, 1.807) is 7.11 Å². The van der Waals surface area contributed by atoms with Crippen molar-refractivity contribution in [2.45, 2.75) is 31.8 Å². The molecule has 1 saturated heterocycles. The minimum absolute atomic E-state index is 0.0549. The Labute approximate surface area is 114 Å². The lowest BCUT2D eigenvalue weighted by Crippen LogP contribution is -2.24. The lowest BCUT2D eigenvalue weighted by molar-refractivity contribution is 0.138. The fraction of sp³-hybridized carbons (Fsp3) is 0.600. The van der Waals surface area contributed by atoms with Crippen molar-refractivity contribution in [2.75, 3.05) is 26.9 Å². The predicted molar refractivity (Wildman–Crippen MR) is 73.0 cm³/mol. The molecule has 0 saturated carbocycles. The molecule has 2 rings (SSSR count). The van der Waals surface area contributed by atoms with E-state index in [-0.39, 0.29) is 18.1 Å². The topological polar surface area (TPSA) is 47.9 Å². The molecule has 0 aliphatic carbocycles. The van der Waals surface area contributed by atoms with E-state index in [2.05, 4.69) is 0 Å². The molecule has 4 heteroatoms. The predicted octanol–water partition coefficient (Wildman–Crippen LogP) is 2.13. The van der Waals surface area contributed by atoms with Gasteiger partial charge < -0.3 is 19.3 Å². The number of rotatable bonds is 5. The van der Waals surface area contributed by atoms with Crippen LogP contribution >= 0.6 is 0 Å². The minimum atomic E-state index is -0.364. The molecular formula is C15H22O4. The first-order chi connectivity index (χ1) is 9.08. The quantitative estimate of drug-likeness (QED) is 0.887. The fourth-order valence-electron chi connectivity index (χ4n) is 2.22. The molecule has 1 aliphatic heterocycles. The summed E-state index contributed by atoms with van der Waals surface area (Å²) in [6, 6.07) is 5.79. The number of aliphatic hydroxyl groups excluding tert-OH is 1. The molecule has 1 aromatic rings. The molecule has 1 N–H and O–H groups in total. The van der Waals surface area contributed by atoms with Gasteiger partial charge in [0, 0.05) is 17.4 Å². The van der Waals surface area contributed by atoms with Crippen molar-refractivity contribution in [1.29, 1.82) is 0 Å². The highest BCUT2D eigenvalue weighted by Gasteiger charge is 2.27. The summed E-state index contributed by atoms with van der Waals surface area (Å²) in [4.78, 5) is 0. The van der Waals surface area contributed by atoms with Gasteiger partial charge in [-0.1, -0.05) is 26.0 Å². The normalized spacial score (nSPS) is 19.5. The molecule has 1 aliphatic rings. The summed E-state index contributed by atoms with van der Waals surface area (Å²) in [5.74, 6) is 1.42. The van der Waals surface area contributed by atoms with Gasteiger partial charge in [-0.15, -0.1) is 0 Å². The van der Waals surface area contributed by atoms with Crippen LogP contribution < -0.4 is 9.47 Å². The molecule has 4 nitrogen and oxygen atoms in total. The van der Waals surface area contributed by atoms with Crippen LogP contribution in [0.5, 0.6) is 11.5 Å². The van der Waals surface area contributed by atoms with Gasteiger partial charge in [-0.25, -0.2) is 0 Å². The van der Waals surface area contributed by atoms with E-state index in [1.807, 2.05) is 32.0 Å². The zero-order chi connectivity index (χ0) is 13.9. The molecule has 1 unspecified atom stereocenters. The largest absolute Gasteiger partial charge is 0.493 e. The van der Waals surface area contributed by atoms with Crippen LogP contribution in [0.1, 0.15) is 25.8 Å². The molecule has 0 bridgehead atoms. The van der Waals surface area contributed by atoms with Crippen molar-refractivity contribution < 1.29 is 19.3 Å². The van der Waals surface area contributed by atoms with E-state index in [1.165, 1.54) is 0 Å². The highest BCUT2D eigenvalue weighted by Crippen LogP contribution is 2.39. The molecule has 1 aromatic carbocycles. The Balaban J connectivity index is 2.30. The van der Waals surface area contributed by atoms with Gasteiger partial charge in [-0.05, 0) is 6.07 Å². The van der Waals surface area contributed by atoms with Crippen molar-refractivity contribution >= 4 is 0 Å². The van der Waals surface area contributed by atoms with E-state index < -0.39 is 0 Å². The molecule has 1 atom stereocenters. The summed E-state index contributed by atoms with van der Waals surface area (Å²) < 4.78 is 16.8. The van der Waals surface area contributed by atoms with E-state index in [0.717, 1.165) is 24.3 Å². The SMILES string of the molecule is COc1c(OC2CCOC2)cccc1C(C)(C)CO. The zero-order valence-corrected chi connectivity index (χ0v) is 11.8. The van der Waals surface area contributed by atoms with Crippen LogP contribution in [0.3, 0.4) is 0 Å². The lowest BCUT2D eigenvalue weighted by Gasteiger charge is -2.26. The molecule has 19 heavy (non-hydrogen) atoms. The Hall–Kier alpha value is -1.26. The van der Waals surface area contributed by atoms with Crippen molar-refractivity contribution in [3.8, 4) is 11.5 Å². The number of benzene rings is 1. The maximum Gasteiger partial charge on any atom is 0.164 e. The standard InChI is InChI=1S/C15H22O4/c1-15(2,10-16)12-5-4-6-13(14(12)17-3)19-11-7-8-18-9-11/h4-6,11,16H,7-10H2,1-3H3. The minimum Gasteiger partial charge on any atom is -0.493 e. The van der Waals surface area contributed by atoms with E-state index in [9.17, 15) is 5.11 Å². The highest BCUT2D eigenvalue weighted by molar-refractivity contribution is 5.50. The number of aliphatic hydroxyl groups is 1. The van der Waals surface area contributed by atoms with Crippen LogP contribution in [0, 0.1) is 0 Å². The summed E-state index contributed by atoms with van der Waals surface area (Å²) in [6.45, 7) is 5.38. The van der Waals surface area contributed by atoms with Crippen molar-refractivity contribution in [3.63, 3.8) is 0 Å².